The Kier molecular flexibility index (Phi) is 8.97. The Labute approximate surface area is 187 Å². The third-order valence-corrected chi connectivity index (χ3v) is 6.53. The smallest absolute Gasteiger partial charge is 0.257 e. The first kappa shape index (κ1) is 25.1. The number of ether oxygens (including phenoxy) is 1. The normalized spacial score (nSPS) is 11.2. The van der Waals surface area contributed by atoms with Gasteiger partial charge in [0.15, 0.2) is 6.61 Å². The summed E-state index contributed by atoms with van der Waals surface area (Å²) in [6.07, 6.45) is 1.17. The van der Waals surface area contributed by atoms with Crippen LogP contribution in [0.1, 0.15) is 20.8 Å². The molecule has 2 aromatic rings. The van der Waals surface area contributed by atoms with Crippen LogP contribution < -0.4 is 20.9 Å². The third-order valence-electron chi connectivity index (χ3n) is 4.50. The van der Waals surface area contributed by atoms with Crippen LogP contribution in [0.15, 0.2) is 52.3 Å². The van der Waals surface area contributed by atoms with Gasteiger partial charge in [-0.15, -0.1) is 0 Å². The number of pyridine rings is 1. The summed E-state index contributed by atoms with van der Waals surface area (Å²) in [6.45, 7) is 5.89. The molecule has 2 N–H and O–H groups in total. The molecule has 0 bridgehead atoms. The van der Waals surface area contributed by atoms with E-state index < -0.39 is 21.5 Å². The van der Waals surface area contributed by atoms with Gasteiger partial charge in [-0.25, -0.2) is 8.42 Å². The predicted molar refractivity (Wildman–Crippen MR) is 120 cm³/mol. The number of hydrogen-bond acceptors (Lipinski definition) is 6. The van der Waals surface area contributed by atoms with Crippen molar-refractivity contribution in [1.29, 1.82) is 0 Å². The minimum absolute atomic E-state index is 0.0535. The first-order chi connectivity index (χ1) is 15.2. The molecule has 2 amide bonds. The second kappa shape index (κ2) is 11.4. The number of carbonyl (C=O) groups is 2. The maximum Gasteiger partial charge on any atom is 0.257 e. The van der Waals surface area contributed by atoms with E-state index in [4.69, 9.17) is 4.74 Å². The number of likely N-dealkylation sites (N-methyl/N-ethyl adjacent to an activating group) is 1. The molecular formula is C21H28N4O6S. The van der Waals surface area contributed by atoms with Gasteiger partial charge in [0.2, 0.25) is 15.9 Å². The first-order valence-electron chi connectivity index (χ1n) is 10.2. The fourth-order valence-corrected chi connectivity index (χ4v) is 4.36. The van der Waals surface area contributed by atoms with Crippen LogP contribution in [-0.4, -0.2) is 55.3 Å². The van der Waals surface area contributed by atoms with Gasteiger partial charge >= 0.3 is 0 Å². The van der Waals surface area contributed by atoms with E-state index in [-0.39, 0.29) is 24.0 Å². The highest BCUT2D eigenvalue weighted by Gasteiger charge is 2.22. The molecule has 0 radical (unpaired) electrons. The van der Waals surface area contributed by atoms with Crippen LogP contribution in [0.5, 0.6) is 5.75 Å². The van der Waals surface area contributed by atoms with Crippen LogP contribution in [-0.2, 0) is 26.2 Å². The van der Waals surface area contributed by atoms with Gasteiger partial charge in [-0.1, -0.05) is 13.8 Å². The topological polar surface area (TPSA) is 127 Å². The molecule has 0 saturated carbocycles. The first-order valence-corrected chi connectivity index (χ1v) is 11.6. The van der Waals surface area contributed by atoms with Gasteiger partial charge in [0.05, 0.1) is 4.90 Å². The van der Waals surface area contributed by atoms with Crippen molar-refractivity contribution < 1.29 is 22.7 Å². The minimum atomic E-state index is -3.76. The molecule has 0 saturated heterocycles. The molecule has 11 heteroatoms. The lowest BCUT2D eigenvalue weighted by atomic mass is 10.3. The molecule has 1 aromatic carbocycles. The zero-order valence-corrected chi connectivity index (χ0v) is 19.1. The Bertz CT molecular complexity index is 1090. The lowest BCUT2D eigenvalue weighted by Gasteiger charge is -2.19. The largest absolute Gasteiger partial charge is 0.484 e. The Morgan fingerprint density at radius 1 is 1.00 bits per heavy atom. The lowest BCUT2D eigenvalue weighted by Crippen LogP contribution is -2.33. The highest BCUT2D eigenvalue weighted by Crippen LogP contribution is 2.16. The highest BCUT2D eigenvalue weighted by atomic mass is 32.2. The SMILES string of the molecule is CCNC(=O)COc1ccc(NC(=O)Cn2cc(S(=O)(=O)N(CC)CC)ccc2=O)cc1. The van der Waals surface area contributed by atoms with Crippen molar-refractivity contribution >= 4 is 27.5 Å². The van der Waals surface area contributed by atoms with Gasteiger partial charge in [-0.05, 0) is 37.3 Å². The Balaban J connectivity index is 2.05. The second-order valence-electron chi connectivity index (χ2n) is 6.74. The zero-order chi connectivity index (χ0) is 23.7. The summed E-state index contributed by atoms with van der Waals surface area (Å²) in [5.74, 6) is -0.277. The van der Waals surface area contributed by atoms with Crippen LogP contribution >= 0.6 is 0 Å². The van der Waals surface area contributed by atoms with Crippen molar-refractivity contribution in [2.45, 2.75) is 32.2 Å². The third kappa shape index (κ3) is 6.66. The van der Waals surface area contributed by atoms with E-state index in [1.54, 1.807) is 38.1 Å². The molecular weight excluding hydrogens is 436 g/mol. The molecule has 1 aromatic heterocycles. The fourth-order valence-electron chi connectivity index (χ4n) is 2.88. The van der Waals surface area contributed by atoms with Gasteiger partial charge in [0, 0.05) is 37.6 Å². The number of aromatic nitrogens is 1. The molecule has 0 spiro atoms. The van der Waals surface area contributed by atoms with E-state index in [0.29, 0.717) is 31.1 Å². The molecule has 0 aliphatic heterocycles. The maximum absolute atomic E-state index is 12.7. The van der Waals surface area contributed by atoms with Crippen LogP contribution in [0.3, 0.4) is 0 Å². The van der Waals surface area contributed by atoms with Crippen LogP contribution in [0.25, 0.3) is 0 Å². The van der Waals surface area contributed by atoms with Crippen molar-refractivity contribution in [1.82, 2.24) is 14.2 Å². The average molecular weight is 465 g/mol. The van der Waals surface area contributed by atoms with E-state index in [1.807, 2.05) is 6.92 Å². The summed E-state index contributed by atoms with van der Waals surface area (Å²) >= 11 is 0. The van der Waals surface area contributed by atoms with Gasteiger partial charge in [0.1, 0.15) is 12.3 Å². The molecule has 0 fully saturated rings. The Morgan fingerprint density at radius 2 is 1.66 bits per heavy atom. The molecule has 10 nitrogen and oxygen atoms in total. The van der Waals surface area contributed by atoms with E-state index in [9.17, 15) is 22.8 Å². The summed E-state index contributed by atoms with van der Waals surface area (Å²) in [5.41, 5.74) is -0.0342. The van der Waals surface area contributed by atoms with Crippen LogP contribution in [0.4, 0.5) is 5.69 Å². The van der Waals surface area contributed by atoms with E-state index >= 15 is 0 Å². The van der Waals surface area contributed by atoms with Crippen molar-refractivity contribution in [3.8, 4) is 5.75 Å². The molecule has 0 atom stereocenters. The van der Waals surface area contributed by atoms with E-state index in [0.717, 1.165) is 10.6 Å². The Hall–Kier alpha value is -3.18. The molecule has 32 heavy (non-hydrogen) atoms. The number of nitrogens with zero attached hydrogens (tertiary/aromatic N) is 2. The second-order valence-corrected chi connectivity index (χ2v) is 8.67. The summed E-state index contributed by atoms with van der Waals surface area (Å²) in [7, 11) is -3.76. The molecule has 2 rings (SSSR count). The number of amides is 2. The van der Waals surface area contributed by atoms with E-state index in [1.165, 1.54) is 16.6 Å². The zero-order valence-electron chi connectivity index (χ0n) is 18.3. The van der Waals surface area contributed by atoms with Gasteiger partial charge in [-0.3, -0.25) is 14.4 Å². The molecule has 174 valence electrons. The molecule has 0 aliphatic carbocycles. The monoisotopic (exact) mass is 464 g/mol. The molecule has 1 heterocycles. The average Bonchev–Trinajstić information content (AvgIpc) is 2.75. The van der Waals surface area contributed by atoms with Crippen molar-refractivity contribution in [2.75, 3.05) is 31.6 Å². The number of rotatable bonds is 11. The van der Waals surface area contributed by atoms with Crippen molar-refractivity contribution in [2.24, 2.45) is 0 Å². The number of hydrogen-bond donors (Lipinski definition) is 2. The van der Waals surface area contributed by atoms with Crippen molar-refractivity contribution in [3.63, 3.8) is 0 Å². The van der Waals surface area contributed by atoms with Gasteiger partial charge < -0.3 is 19.9 Å². The van der Waals surface area contributed by atoms with Gasteiger partial charge in [-0.2, -0.15) is 4.31 Å². The summed E-state index contributed by atoms with van der Waals surface area (Å²) in [6, 6.07) is 8.74. The maximum atomic E-state index is 12.7. The lowest BCUT2D eigenvalue weighted by molar-refractivity contribution is -0.123. The number of sulfonamides is 1. The molecule has 0 aliphatic rings. The Morgan fingerprint density at radius 3 is 2.25 bits per heavy atom. The van der Waals surface area contributed by atoms with Crippen molar-refractivity contribution in [3.05, 3.63) is 52.9 Å². The van der Waals surface area contributed by atoms with Crippen LogP contribution in [0, 0.1) is 0 Å². The highest BCUT2D eigenvalue weighted by molar-refractivity contribution is 7.89. The molecule has 0 unspecified atom stereocenters. The number of benzene rings is 1. The summed E-state index contributed by atoms with van der Waals surface area (Å²) in [5, 5.41) is 5.26. The number of nitrogens with one attached hydrogen (secondary N) is 2. The van der Waals surface area contributed by atoms with E-state index in [2.05, 4.69) is 10.6 Å². The standard InChI is InChI=1S/C21H28N4O6S/c1-4-22-20(27)15-31-17-9-7-16(8-10-17)23-19(26)14-24-13-18(11-12-21(24)28)32(29,30)25(5-2)6-3/h7-13H,4-6,14-15H2,1-3H3,(H,22,27)(H,23,26). The number of carbonyl (C=O) groups excluding carboxylic acids is 2. The van der Waals surface area contributed by atoms with Crippen LogP contribution in [0.2, 0.25) is 0 Å². The predicted octanol–water partition coefficient (Wildman–Crippen LogP) is 1.03. The quantitative estimate of drug-likeness (QED) is 0.511. The summed E-state index contributed by atoms with van der Waals surface area (Å²) < 4.78 is 33.0. The number of anilines is 1. The van der Waals surface area contributed by atoms with Gasteiger partial charge in [0.25, 0.3) is 11.5 Å². The summed E-state index contributed by atoms with van der Waals surface area (Å²) in [4.78, 5) is 35.9. The minimum Gasteiger partial charge on any atom is -0.484 e. The fraction of sp³-hybridized carbons (Fsp3) is 0.381.